The highest BCUT2D eigenvalue weighted by atomic mass is 16.5. The number of rotatable bonds is 9. The number of carbonyl (C=O) groups is 1. The Balaban J connectivity index is 1.87. The number of nitrogens with zero attached hydrogens (tertiary/aromatic N) is 2. The summed E-state index contributed by atoms with van der Waals surface area (Å²) in [6, 6.07) is 7.93. The van der Waals surface area contributed by atoms with Gasteiger partial charge in [-0.1, -0.05) is 12.1 Å². The molecule has 1 saturated heterocycles. The minimum absolute atomic E-state index is 0.206. The van der Waals surface area contributed by atoms with Gasteiger partial charge in [0.2, 0.25) is 5.91 Å². The van der Waals surface area contributed by atoms with Gasteiger partial charge in [-0.25, -0.2) is 0 Å². The van der Waals surface area contributed by atoms with Crippen LogP contribution in [0.25, 0.3) is 0 Å². The zero-order valence-corrected chi connectivity index (χ0v) is 15.2. The number of aryl methyl sites for hydroxylation is 1. The number of methoxy groups -OCH3 is 1. The number of ether oxygens (including phenoxy) is 2. The summed E-state index contributed by atoms with van der Waals surface area (Å²) in [6.45, 7) is 3.18. The second kappa shape index (κ2) is 9.64. The van der Waals surface area contributed by atoms with Crippen LogP contribution in [0.5, 0.6) is 5.75 Å². The minimum Gasteiger partial charge on any atom is -0.497 e. The van der Waals surface area contributed by atoms with E-state index in [1.54, 1.807) is 7.11 Å². The van der Waals surface area contributed by atoms with Crippen LogP contribution in [0.3, 0.4) is 0 Å². The summed E-state index contributed by atoms with van der Waals surface area (Å²) in [5.41, 5.74) is 1.16. The van der Waals surface area contributed by atoms with Crippen LogP contribution in [0, 0.1) is 0 Å². The van der Waals surface area contributed by atoms with Crippen LogP contribution in [0.1, 0.15) is 24.8 Å². The van der Waals surface area contributed by atoms with Crippen LogP contribution in [-0.4, -0.2) is 69.3 Å². The second-order valence-electron chi connectivity index (χ2n) is 6.63. The van der Waals surface area contributed by atoms with Crippen LogP contribution in [0.15, 0.2) is 24.3 Å². The first-order valence-corrected chi connectivity index (χ1v) is 8.75. The lowest BCUT2D eigenvalue weighted by Gasteiger charge is -2.27. The monoisotopic (exact) mass is 334 g/mol. The normalized spacial score (nSPS) is 17.2. The van der Waals surface area contributed by atoms with Gasteiger partial charge in [0.25, 0.3) is 0 Å². The van der Waals surface area contributed by atoms with Gasteiger partial charge in [0.1, 0.15) is 5.75 Å². The first-order valence-electron chi connectivity index (χ1n) is 8.75. The predicted octanol–water partition coefficient (Wildman–Crippen LogP) is 2.20. The highest BCUT2D eigenvalue weighted by molar-refractivity contribution is 5.76. The van der Waals surface area contributed by atoms with E-state index in [1.165, 1.54) is 0 Å². The van der Waals surface area contributed by atoms with E-state index >= 15 is 0 Å². The van der Waals surface area contributed by atoms with Crippen LogP contribution in [0.4, 0.5) is 0 Å². The SMILES string of the molecule is COc1ccc(CCC(=O)N(CCN(C)C)C[C@H]2CCCO2)cc1. The minimum atomic E-state index is 0.206. The third kappa shape index (κ3) is 6.13. The van der Waals surface area contributed by atoms with Crippen molar-refractivity contribution in [2.75, 3.05) is 47.4 Å². The maximum atomic E-state index is 12.7. The van der Waals surface area contributed by atoms with Gasteiger partial charge in [-0.2, -0.15) is 0 Å². The van der Waals surface area contributed by atoms with Crippen molar-refractivity contribution in [3.63, 3.8) is 0 Å². The molecule has 0 N–H and O–H groups in total. The molecule has 134 valence electrons. The Hall–Kier alpha value is -1.59. The lowest BCUT2D eigenvalue weighted by Crippen LogP contribution is -2.41. The molecule has 1 amide bonds. The summed E-state index contributed by atoms with van der Waals surface area (Å²) in [5, 5.41) is 0. The van der Waals surface area contributed by atoms with Crippen LogP contribution in [0.2, 0.25) is 0 Å². The van der Waals surface area contributed by atoms with Gasteiger partial charge in [0, 0.05) is 32.7 Å². The molecule has 0 aliphatic carbocycles. The Morgan fingerprint density at radius 1 is 1.25 bits per heavy atom. The van der Waals surface area contributed by atoms with Crippen molar-refractivity contribution in [1.29, 1.82) is 0 Å². The Morgan fingerprint density at radius 3 is 2.58 bits per heavy atom. The van der Waals surface area contributed by atoms with E-state index < -0.39 is 0 Å². The zero-order chi connectivity index (χ0) is 17.4. The van der Waals surface area contributed by atoms with Gasteiger partial charge >= 0.3 is 0 Å². The molecule has 0 spiro atoms. The molecular formula is C19H30N2O3. The molecule has 2 rings (SSSR count). The molecule has 5 heteroatoms. The average Bonchev–Trinajstić information content (AvgIpc) is 3.09. The quantitative estimate of drug-likeness (QED) is 0.694. The molecule has 0 bridgehead atoms. The molecule has 1 aliphatic heterocycles. The number of likely N-dealkylation sites (N-methyl/N-ethyl adjacent to an activating group) is 1. The summed E-state index contributed by atoms with van der Waals surface area (Å²) in [6.07, 6.45) is 3.66. The van der Waals surface area contributed by atoms with E-state index in [9.17, 15) is 4.79 Å². The number of carbonyl (C=O) groups excluding carboxylic acids is 1. The van der Waals surface area contributed by atoms with Crippen molar-refractivity contribution >= 4 is 5.91 Å². The van der Waals surface area contributed by atoms with Gasteiger partial charge in [-0.05, 0) is 51.1 Å². The summed E-state index contributed by atoms with van der Waals surface area (Å²) < 4.78 is 10.9. The second-order valence-corrected chi connectivity index (χ2v) is 6.63. The fourth-order valence-corrected chi connectivity index (χ4v) is 2.87. The topological polar surface area (TPSA) is 42.0 Å². The molecule has 1 aromatic rings. The molecule has 0 aromatic heterocycles. The molecule has 5 nitrogen and oxygen atoms in total. The van der Waals surface area contributed by atoms with Crippen molar-refractivity contribution in [3.05, 3.63) is 29.8 Å². The molecular weight excluding hydrogens is 304 g/mol. The predicted molar refractivity (Wildman–Crippen MR) is 95.4 cm³/mol. The van der Waals surface area contributed by atoms with Crippen molar-refractivity contribution in [2.24, 2.45) is 0 Å². The summed E-state index contributed by atoms with van der Waals surface area (Å²) >= 11 is 0. The van der Waals surface area contributed by atoms with Gasteiger partial charge in [-0.15, -0.1) is 0 Å². The van der Waals surface area contributed by atoms with Crippen LogP contribution < -0.4 is 4.74 Å². The smallest absolute Gasteiger partial charge is 0.223 e. The van der Waals surface area contributed by atoms with Crippen LogP contribution >= 0.6 is 0 Å². The number of benzene rings is 1. The fraction of sp³-hybridized carbons (Fsp3) is 0.632. The number of hydrogen-bond acceptors (Lipinski definition) is 4. The maximum Gasteiger partial charge on any atom is 0.223 e. The third-order valence-corrected chi connectivity index (χ3v) is 4.40. The van der Waals surface area contributed by atoms with E-state index in [2.05, 4.69) is 4.90 Å². The van der Waals surface area contributed by atoms with Crippen molar-refractivity contribution in [1.82, 2.24) is 9.80 Å². The summed E-state index contributed by atoms with van der Waals surface area (Å²) in [4.78, 5) is 16.7. The third-order valence-electron chi connectivity index (χ3n) is 4.40. The van der Waals surface area contributed by atoms with E-state index in [0.717, 1.165) is 56.8 Å². The molecule has 0 unspecified atom stereocenters. The lowest BCUT2D eigenvalue weighted by molar-refractivity contribution is -0.132. The molecule has 1 atom stereocenters. The molecule has 1 aromatic carbocycles. The Bertz CT molecular complexity index is 496. The van der Waals surface area contributed by atoms with E-state index in [0.29, 0.717) is 6.42 Å². The summed E-state index contributed by atoms with van der Waals surface area (Å²) in [5.74, 6) is 1.05. The molecule has 1 heterocycles. The Labute approximate surface area is 145 Å². The van der Waals surface area contributed by atoms with E-state index in [4.69, 9.17) is 9.47 Å². The molecule has 0 saturated carbocycles. The first-order chi connectivity index (χ1) is 11.6. The highest BCUT2D eigenvalue weighted by Gasteiger charge is 2.22. The lowest BCUT2D eigenvalue weighted by atomic mass is 10.1. The largest absolute Gasteiger partial charge is 0.497 e. The van der Waals surface area contributed by atoms with Crippen molar-refractivity contribution in [3.8, 4) is 5.75 Å². The maximum absolute atomic E-state index is 12.7. The molecule has 1 fully saturated rings. The first kappa shape index (κ1) is 18.7. The van der Waals surface area contributed by atoms with Gasteiger partial charge in [0.05, 0.1) is 13.2 Å². The molecule has 0 radical (unpaired) electrons. The van der Waals surface area contributed by atoms with Gasteiger partial charge < -0.3 is 19.3 Å². The highest BCUT2D eigenvalue weighted by Crippen LogP contribution is 2.16. The Kier molecular flexibility index (Phi) is 7.53. The Morgan fingerprint density at radius 2 is 2.00 bits per heavy atom. The summed E-state index contributed by atoms with van der Waals surface area (Å²) in [7, 11) is 5.73. The zero-order valence-electron chi connectivity index (χ0n) is 15.2. The van der Waals surface area contributed by atoms with Crippen molar-refractivity contribution < 1.29 is 14.3 Å². The van der Waals surface area contributed by atoms with E-state index in [1.807, 2.05) is 43.3 Å². The molecule has 24 heavy (non-hydrogen) atoms. The molecule has 1 aliphatic rings. The van der Waals surface area contributed by atoms with Crippen LogP contribution in [-0.2, 0) is 16.0 Å². The average molecular weight is 334 g/mol. The standard InChI is InChI=1S/C19H30N2O3/c1-20(2)12-13-21(15-18-5-4-14-24-18)19(22)11-8-16-6-9-17(23-3)10-7-16/h6-7,9-10,18H,4-5,8,11-15H2,1-3H3/t18-/m1/s1. The van der Waals surface area contributed by atoms with E-state index in [-0.39, 0.29) is 12.0 Å². The fourth-order valence-electron chi connectivity index (χ4n) is 2.87. The van der Waals surface area contributed by atoms with Gasteiger partial charge in [0.15, 0.2) is 0 Å². The number of hydrogen-bond donors (Lipinski definition) is 0. The number of amides is 1. The van der Waals surface area contributed by atoms with Gasteiger partial charge in [-0.3, -0.25) is 4.79 Å². The van der Waals surface area contributed by atoms with Crippen molar-refractivity contribution in [2.45, 2.75) is 31.8 Å².